The zero-order valence-corrected chi connectivity index (χ0v) is 25.3. The van der Waals surface area contributed by atoms with Crippen LogP contribution in [0.2, 0.25) is 5.54 Å². The Morgan fingerprint density at radius 3 is 1.12 bits per heavy atom. The van der Waals surface area contributed by atoms with Crippen LogP contribution in [0.3, 0.4) is 0 Å². The molecule has 5 heteroatoms. The van der Waals surface area contributed by atoms with Crippen LogP contribution in [0.25, 0.3) is 0 Å². The summed E-state index contributed by atoms with van der Waals surface area (Å²) in [5.74, 6) is 1.75. The van der Waals surface area contributed by atoms with Crippen molar-refractivity contribution in [2.75, 3.05) is 26.4 Å². The third-order valence-electron chi connectivity index (χ3n) is 7.70. The van der Waals surface area contributed by atoms with Crippen molar-refractivity contribution in [1.29, 1.82) is 0 Å². The standard InChI is InChI=1S/C29H63NO3Si/c1-8-15-18-26(11-4)23-31-34(29(14-7)21-22-30,32-24-27(12-5)19-16-9-2)33-25-28(13-6)20-17-10-3/h26-29H,8-25,30H2,1-7H3. The molecule has 0 amide bonds. The van der Waals surface area contributed by atoms with Gasteiger partial charge in [-0.15, -0.1) is 0 Å². The average molecular weight is 502 g/mol. The SMILES string of the molecule is CCCCC(CC)CO[Si](OCC(CC)CCCC)(OCC(CC)CCCC)C(CC)CCN. The molecule has 4 unspecified atom stereocenters. The van der Waals surface area contributed by atoms with Gasteiger partial charge in [-0.2, -0.15) is 0 Å². The second-order valence-electron chi connectivity index (χ2n) is 10.5. The normalized spacial score (nSPS) is 17.3. The van der Waals surface area contributed by atoms with Gasteiger partial charge in [0.25, 0.3) is 0 Å². The molecule has 0 aromatic heterocycles. The molecule has 4 atom stereocenters. The summed E-state index contributed by atoms with van der Waals surface area (Å²) in [7, 11) is -2.88. The molecule has 0 fully saturated rings. The molecule has 4 nitrogen and oxygen atoms in total. The second kappa shape index (κ2) is 22.3. The lowest BCUT2D eigenvalue weighted by atomic mass is 10.0. The fraction of sp³-hybridized carbons (Fsp3) is 1.00. The Morgan fingerprint density at radius 2 is 0.882 bits per heavy atom. The van der Waals surface area contributed by atoms with Crippen molar-refractivity contribution in [2.24, 2.45) is 23.5 Å². The number of nitrogens with two attached hydrogens (primary N) is 1. The molecule has 0 heterocycles. The largest absolute Gasteiger partial charge is 0.504 e. The van der Waals surface area contributed by atoms with E-state index in [2.05, 4.69) is 48.5 Å². The predicted octanol–water partition coefficient (Wildman–Crippen LogP) is 8.75. The van der Waals surface area contributed by atoms with E-state index in [0.29, 0.717) is 24.3 Å². The molecule has 0 aliphatic rings. The summed E-state index contributed by atoms with van der Waals surface area (Å²) in [6, 6.07) is 0. The smallest absolute Gasteiger partial charge is 0.373 e. The summed E-state index contributed by atoms with van der Waals surface area (Å²) in [6.45, 7) is 18.9. The summed E-state index contributed by atoms with van der Waals surface area (Å²) < 4.78 is 20.8. The van der Waals surface area contributed by atoms with Crippen LogP contribution in [0, 0.1) is 17.8 Å². The maximum atomic E-state index is 6.92. The average Bonchev–Trinajstić information content (AvgIpc) is 2.86. The van der Waals surface area contributed by atoms with Crippen LogP contribution in [0.4, 0.5) is 0 Å². The molecule has 0 aliphatic heterocycles. The van der Waals surface area contributed by atoms with Crippen LogP contribution >= 0.6 is 0 Å². The van der Waals surface area contributed by atoms with E-state index in [9.17, 15) is 0 Å². The molecule has 34 heavy (non-hydrogen) atoms. The lowest BCUT2D eigenvalue weighted by molar-refractivity contribution is 0.0152. The zero-order chi connectivity index (χ0) is 25.7. The summed E-state index contributed by atoms with van der Waals surface area (Å²) in [5.41, 5.74) is 6.39. The molecule has 0 aliphatic carbocycles. The lowest BCUT2D eigenvalue weighted by Gasteiger charge is -2.38. The summed E-state index contributed by atoms with van der Waals surface area (Å²) in [4.78, 5) is 0. The minimum Gasteiger partial charge on any atom is -0.373 e. The van der Waals surface area contributed by atoms with E-state index >= 15 is 0 Å². The molecular formula is C29H63NO3Si. The van der Waals surface area contributed by atoms with E-state index in [1.165, 1.54) is 57.8 Å². The first-order chi connectivity index (χ1) is 16.5. The fourth-order valence-corrected chi connectivity index (χ4v) is 8.09. The van der Waals surface area contributed by atoms with Gasteiger partial charge in [0.05, 0.1) is 0 Å². The van der Waals surface area contributed by atoms with Gasteiger partial charge in [0, 0.05) is 25.4 Å². The van der Waals surface area contributed by atoms with Crippen LogP contribution in [-0.2, 0) is 13.3 Å². The highest BCUT2D eigenvalue weighted by atomic mass is 28.4. The van der Waals surface area contributed by atoms with Crippen molar-refractivity contribution in [2.45, 2.75) is 144 Å². The van der Waals surface area contributed by atoms with E-state index in [1.807, 2.05) is 0 Å². The highest BCUT2D eigenvalue weighted by Crippen LogP contribution is 2.35. The van der Waals surface area contributed by atoms with E-state index in [-0.39, 0.29) is 5.54 Å². The Labute approximate surface area is 215 Å². The van der Waals surface area contributed by atoms with Crippen molar-refractivity contribution in [3.8, 4) is 0 Å². The Balaban J connectivity index is 5.79. The maximum Gasteiger partial charge on any atom is 0.504 e. The Hall–Kier alpha value is 0.0569. The van der Waals surface area contributed by atoms with Crippen LogP contribution in [0.15, 0.2) is 0 Å². The van der Waals surface area contributed by atoms with Gasteiger partial charge >= 0.3 is 8.80 Å². The molecular weight excluding hydrogens is 438 g/mol. The molecule has 0 saturated carbocycles. The van der Waals surface area contributed by atoms with Crippen molar-refractivity contribution < 1.29 is 13.3 Å². The van der Waals surface area contributed by atoms with Gasteiger partial charge in [-0.1, -0.05) is 106 Å². The van der Waals surface area contributed by atoms with E-state index in [0.717, 1.165) is 51.9 Å². The molecule has 2 N–H and O–H groups in total. The topological polar surface area (TPSA) is 53.7 Å². The molecule has 0 radical (unpaired) electrons. The monoisotopic (exact) mass is 501 g/mol. The molecule has 0 bridgehead atoms. The van der Waals surface area contributed by atoms with Crippen molar-refractivity contribution >= 4 is 8.80 Å². The first-order valence-electron chi connectivity index (χ1n) is 15.1. The highest BCUT2D eigenvalue weighted by Gasteiger charge is 2.49. The Bertz CT molecular complexity index is 387. The number of rotatable bonds is 25. The minimum absolute atomic E-state index is 0.286. The first-order valence-corrected chi connectivity index (χ1v) is 16.9. The molecule has 0 spiro atoms. The number of hydrogen-bond acceptors (Lipinski definition) is 4. The van der Waals surface area contributed by atoms with Crippen molar-refractivity contribution in [1.82, 2.24) is 0 Å². The van der Waals surface area contributed by atoms with Gasteiger partial charge in [-0.3, -0.25) is 0 Å². The van der Waals surface area contributed by atoms with Crippen LogP contribution in [0.5, 0.6) is 0 Å². The Morgan fingerprint density at radius 1 is 0.529 bits per heavy atom. The molecule has 0 rings (SSSR count). The highest BCUT2D eigenvalue weighted by molar-refractivity contribution is 6.62. The zero-order valence-electron chi connectivity index (χ0n) is 24.3. The lowest BCUT2D eigenvalue weighted by Crippen LogP contribution is -2.53. The molecule has 206 valence electrons. The third kappa shape index (κ3) is 14.0. The van der Waals surface area contributed by atoms with Gasteiger partial charge in [0.15, 0.2) is 0 Å². The number of hydrogen-bond donors (Lipinski definition) is 1. The summed E-state index contributed by atoms with van der Waals surface area (Å²) in [5, 5.41) is 0. The summed E-state index contributed by atoms with van der Waals surface area (Å²) >= 11 is 0. The van der Waals surface area contributed by atoms with E-state index in [4.69, 9.17) is 19.0 Å². The van der Waals surface area contributed by atoms with Crippen LogP contribution < -0.4 is 5.73 Å². The summed E-state index contributed by atoms with van der Waals surface area (Å²) in [6.07, 6.45) is 16.6. The third-order valence-corrected chi connectivity index (χ3v) is 11.1. The van der Waals surface area contributed by atoms with Gasteiger partial charge in [-0.25, -0.2) is 0 Å². The number of unbranched alkanes of at least 4 members (excludes halogenated alkanes) is 3. The predicted molar refractivity (Wildman–Crippen MR) is 151 cm³/mol. The van der Waals surface area contributed by atoms with E-state index in [1.54, 1.807) is 0 Å². The van der Waals surface area contributed by atoms with Crippen molar-refractivity contribution in [3.05, 3.63) is 0 Å². The van der Waals surface area contributed by atoms with Crippen LogP contribution in [0.1, 0.15) is 138 Å². The quantitative estimate of drug-likeness (QED) is 0.127. The van der Waals surface area contributed by atoms with Crippen LogP contribution in [-0.4, -0.2) is 35.2 Å². The maximum absolute atomic E-state index is 6.92. The van der Waals surface area contributed by atoms with Gasteiger partial charge in [0.2, 0.25) is 0 Å². The van der Waals surface area contributed by atoms with Gasteiger partial charge in [-0.05, 0) is 56.4 Å². The van der Waals surface area contributed by atoms with Crippen molar-refractivity contribution in [3.63, 3.8) is 0 Å². The van der Waals surface area contributed by atoms with E-state index < -0.39 is 8.80 Å². The minimum atomic E-state index is -2.88. The van der Waals surface area contributed by atoms with Gasteiger partial charge in [0.1, 0.15) is 0 Å². The second-order valence-corrected chi connectivity index (χ2v) is 13.4. The molecule has 0 aromatic rings. The fourth-order valence-electron chi connectivity index (χ4n) is 4.71. The first kappa shape index (κ1) is 34.1. The van der Waals surface area contributed by atoms with Gasteiger partial charge < -0.3 is 19.0 Å². The molecule has 0 aromatic carbocycles. The Kier molecular flexibility index (Phi) is 22.3. The molecule has 0 saturated heterocycles.